The van der Waals surface area contributed by atoms with Crippen LogP contribution in [-0.2, 0) is 4.74 Å². The largest absolute Gasteiger partial charge is 0.461 e. The first-order valence-corrected chi connectivity index (χ1v) is 7.25. The molecule has 7 heteroatoms. The first-order valence-electron chi connectivity index (χ1n) is 7.25. The number of aromatic nitrogens is 1. The van der Waals surface area contributed by atoms with Crippen molar-refractivity contribution in [3.63, 3.8) is 0 Å². The number of rotatable bonds is 4. The zero-order valence-corrected chi connectivity index (χ0v) is 12.7. The lowest BCUT2D eigenvalue weighted by molar-refractivity contribution is -0.384. The number of hydrogen-bond donors (Lipinski definition) is 0. The molecule has 0 bridgehead atoms. The van der Waals surface area contributed by atoms with E-state index < -0.39 is 22.4 Å². The minimum atomic E-state index is -0.723. The van der Waals surface area contributed by atoms with Crippen LogP contribution in [0, 0.1) is 15.9 Å². The summed E-state index contributed by atoms with van der Waals surface area (Å²) in [5.41, 5.74) is 0.413. The van der Waals surface area contributed by atoms with Gasteiger partial charge in [0.1, 0.15) is 17.2 Å². The van der Waals surface area contributed by atoms with E-state index in [1.807, 2.05) is 0 Å². The van der Waals surface area contributed by atoms with Crippen LogP contribution in [0.1, 0.15) is 17.4 Å². The van der Waals surface area contributed by atoms with Gasteiger partial charge in [-0.05, 0) is 31.2 Å². The number of para-hydroxylation sites is 1. The SMILES string of the molecule is CCOC(=O)c1cc2ccccc2n1-c1ccc(F)cc1[N+](=O)[O-]. The fourth-order valence-corrected chi connectivity index (χ4v) is 2.60. The number of ether oxygens (including phenoxy) is 1. The van der Waals surface area contributed by atoms with Crippen LogP contribution in [0.4, 0.5) is 10.1 Å². The third kappa shape index (κ3) is 2.60. The molecular weight excluding hydrogens is 315 g/mol. The van der Waals surface area contributed by atoms with Crippen LogP contribution in [0.25, 0.3) is 16.6 Å². The second-order valence-corrected chi connectivity index (χ2v) is 5.03. The predicted octanol–water partition coefficient (Wildman–Crippen LogP) is 3.85. The van der Waals surface area contributed by atoms with Crippen molar-refractivity contribution in [2.45, 2.75) is 6.92 Å². The molecule has 0 atom stereocenters. The van der Waals surface area contributed by atoms with Crippen LogP contribution in [0.3, 0.4) is 0 Å². The van der Waals surface area contributed by atoms with Gasteiger partial charge in [0.25, 0.3) is 5.69 Å². The summed E-state index contributed by atoms with van der Waals surface area (Å²) in [4.78, 5) is 22.9. The Labute approximate surface area is 136 Å². The average molecular weight is 328 g/mol. The van der Waals surface area contributed by atoms with Crippen LogP contribution in [-0.4, -0.2) is 22.1 Å². The van der Waals surface area contributed by atoms with E-state index in [0.717, 1.165) is 17.5 Å². The molecule has 1 aromatic heterocycles. The highest BCUT2D eigenvalue weighted by Gasteiger charge is 2.24. The van der Waals surface area contributed by atoms with Gasteiger partial charge >= 0.3 is 5.97 Å². The second-order valence-electron chi connectivity index (χ2n) is 5.03. The number of benzene rings is 2. The highest BCUT2D eigenvalue weighted by atomic mass is 19.1. The van der Waals surface area contributed by atoms with Crippen molar-refractivity contribution in [2.75, 3.05) is 6.61 Å². The molecule has 3 rings (SSSR count). The summed E-state index contributed by atoms with van der Waals surface area (Å²) < 4.78 is 19.9. The van der Waals surface area contributed by atoms with Crippen LogP contribution < -0.4 is 0 Å². The Morgan fingerprint density at radius 3 is 2.71 bits per heavy atom. The maximum Gasteiger partial charge on any atom is 0.355 e. The summed E-state index contributed by atoms with van der Waals surface area (Å²) in [6.07, 6.45) is 0. The number of carbonyl (C=O) groups is 1. The van der Waals surface area contributed by atoms with E-state index in [1.165, 1.54) is 10.6 Å². The predicted molar refractivity (Wildman–Crippen MR) is 85.8 cm³/mol. The Morgan fingerprint density at radius 1 is 1.25 bits per heavy atom. The first kappa shape index (κ1) is 15.7. The highest BCUT2D eigenvalue weighted by Crippen LogP contribution is 2.31. The molecule has 0 saturated carbocycles. The maximum absolute atomic E-state index is 13.4. The van der Waals surface area contributed by atoms with Gasteiger partial charge in [-0.25, -0.2) is 9.18 Å². The van der Waals surface area contributed by atoms with Crippen molar-refractivity contribution in [1.29, 1.82) is 0 Å². The van der Waals surface area contributed by atoms with Crippen molar-refractivity contribution in [2.24, 2.45) is 0 Å². The van der Waals surface area contributed by atoms with Crippen molar-refractivity contribution in [3.8, 4) is 5.69 Å². The number of fused-ring (bicyclic) bond motifs is 1. The monoisotopic (exact) mass is 328 g/mol. The molecule has 0 aliphatic carbocycles. The standard InChI is InChI=1S/C17H13FN2O4/c1-2-24-17(21)16-9-11-5-3-4-6-13(11)19(16)14-8-7-12(18)10-15(14)20(22)23/h3-10H,2H2,1H3. The minimum absolute atomic E-state index is 0.102. The molecular formula is C17H13FN2O4. The zero-order valence-electron chi connectivity index (χ0n) is 12.7. The maximum atomic E-state index is 13.4. The Hall–Kier alpha value is -3.22. The number of esters is 1. The van der Waals surface area contributed by atoms with E-state index >= 15 is 0 Å². The first-order chi connectivity index (χ1) is 11.5. The Bertz CT molecular complexity index is 949. The van der Waals surface area contributed by atoms with E-state index in [4.69, 9.17) is 4.74 Å². The third-order valence-corrected chi connectivity index (χ3v) is 3.57. The fourth-order valence-electron chi connectivity index (χ4n) is 2.60. The number of nitrogens with zero attached hydrogens (tertiary/aromatic N) is 2. The number of hydrogen-bond acceptors (Lipinski definition) is 4. The lowest BCUT2D eigenvalue weighted by Gasteiger charge is -2.10. The molecule has 0 aliphatic heterocycles. The van der Waals surface area contributed by atoms with E-state index in [0.29, 0.717) is 5.52 Å². The van der Waals surface area contributed by atoms with Crippen LogP contribution in [0.5, 0.6) is 0 Å². The van der Waals surface area contributed by atoms with Gasteiger partial charge in [-0.1, -0.05) is 18.2 Å². The lowest BCUT2D eigenvalue weighted by atomic mass is 10.2. The molecule has 122 valence electrons. The van der Waals surface area contributed by atoms with Gasteiger partial charge in [-0.3, -0.25) is 14.7 Å². The molecule has 0 saturated heterocycles. The van der Waals surface area contributed by atoms with Crippen molar-refractivity contribution < 1.29 is 18.8 Å². The molecule has 2 aromatic carbocycles. The van der Waals surface area contributed by atoms with Crippen LogP contribution >= 0.6 is 0 Å². The van der Waals surface area contributed by atoms with Crippen LogP contribution in [0.15, 0.2) is 48.5 Å². The minimum Gasteiger partial charge on any atom is -0.461 e. The topological polar surface area (TPSA) is 74.4 Å². The van der Waals surface area contributed by atoms with Gasteiger partial charge in [-0.15, -0.1) is 0 Å². The molecule has 0 fully saturated rings. The second kappa shape index (κ2) is 6.11. The number of halogens is 1. The van der Waals surface area contributed by atoms with Gasteiger partial charge < -0.3 is 4.74 Å². The molecule has 0 N–H and O–H groups in total. The number of nitro benzene ring substituents is 1. The van der Waals surface area contributed by atoms with E-state index in [1.54, 1.807) is 37.3 Å². The number of carbonyl (C=O) groups excluding carboxylic acids is 1. The van der Waals surface area contributed by atoms with Gasteiger partial charge in [0, 0.05) is 5.39 Å². The molecule has 1 heterocycles. The average Bonchev–Trinajstić information content (AvgIpc) is 2.94. The Balaban J connectivity index is 2.35. The van der Waals surface area contributed by atoms with Crippen molar-refractivity contribution in [3.05, 3.63) is 70.2 Å². The smallest absolute Gasteiger partial charge is 0.355 e. The Kier molecular flexibility index (Phi) is 3.99. The summed E-state index contributed by atoms with van der Waals surface area (Å²) in [6.45, 7) is 1.84. The highest BCUT2D eigenvalue weighted by molar-refractivity contribution is 5.97. The van der Waals surface area contributed by atoms with E-state index in [2.05, 4.69) is 0 Å². The normalized spacial score (nSPS) is 10.8. The molecule has 0 amide bonds. The van der Waals surface area contributed by atoms with Gasteiger partial charge in [0.2, 0.25) is 0 Å². The summed E-state index contributed by atoms with van der Waals surface area (Å²) in [5, 5.41) is 12.0. The van der Waals surface area contributed by atoms with Crippen molar-refractivity contribution >= 4 is 22.6 Å². The lowest BCUT2D eigenvalue weighted by Crippen LogP contribution is -2.12. The molecule has 0 spiro atoms. The number of nitro groups is 1. The summed E-state index contributed by atoms with van der Waals surface area (Å²) >= 11 is 0. The molecule has 6 nitrogen and oxygen atoms in total. The van der Waals surface area contributed by atoms with Crippen LogP contribution in [0.2, 0.25) is 0 Å². The molecule has 24 heavy (non-hydrogen) atoms. The summed E-state index contributed by atoms with van der Waals surface area (Å²) in [5.74, 6) is -1.33. The quantitative estimate of drug-likeness (QED) is 0.414. The van der Waals surface area contributed by atoms with E-state index in [9.17, 15) is 19.3 Å². The van der Waals surface area contributed by atoms with Gasteiger partial charge in [-0.2, -0.15) is 0 Å². The molecule has 0 radical (unpaired) electrons. The van der Waals surface area contributed by atoms with Gasteiger partial charge in [0.15, 0.2) is 0 Å². The summed E-state index contributed by atoms with van der Waals surface area (Å²) in [6, 6.07) is 11.9. The van der Waals surface area contributed by atoms with Crippen molar-refractivity contribution in [1.82, 2.24) is 4.57 Å². The van der Waals surface area contributed by atoms with Gasteiger partial charge in [0.05, 0.1) is 23.1 Å². The molecule has 3 aromatic rings. The summed E-state index contributed by atoms with van der Waals surface area (Å²) in [7, 11) is 0. The van der Waals surface area contributed by atoms with E-state index in [-0.39, 0.29) is 18.0 Å². The third-order valence-electron chi connectivity index (χ3n) is 3.57. The zero-order chi connectivity index (χ0) is 17.3. The fraction of sp³-hybridized carbons (Fsp3) is 0.118. The molecule has 0 aliphatic rings. The Morgan fingerprint density at radius 2 is 2.00 bits per heavy atom. The molecule has 0 unspecified atom stereocenters.